The summed E-state index contributed by atoms with van der Waals surface area (Å²) in [5, 5.41) is 5.43. The molecule has 2 amide bonds. The maximum atomic E-state index is 12.7. The zero-order chi connectivity index (χ0) is 18.8. The number of amides is 2. The van der Waals surface area contributed by atoms with E-state index in [-0.39, 0.29) is 11.8 Å². The number of carbonyl (C=O) groups is 2. The quantitative estimate of drug-likeness (QED) is 0.713. The van der Waals surface area contributed by atoms with Gasteiger partial charge in [-0.3, -0.25) is 19.9 Å². The molecule has 1 N–H and O–H groups in total. The van der Waals surface area contributed by atoms with Gasteiger partial charge in [-0.1, -0.05) is 11.6 Å². The molecule has 0 bridgehead atoms. The van der Waals surface area contributed by atoms with Gasteiger partial charge >= 0.3 is 0 Å². The second-order valence-electron chi connectivity index (χ2n) is 6.05. The van der Waals surface area contributed by atoms with Gasteiger partial charge in [0.05, 0.1) is 16.3 Å². The predicted octanol–water partition coefficient (Wildman–Crippen LogP) is 4.24. The van der Waals surface area contributed by atoms with E-state index in [9.17, 15) is 9.59 Å². The summed E-state index contributed by atoms with van der Waals surface area (Å²) >= 11 is 7.54. The molecule has 6 nitrogen and oxygen atoms in total. The van der Waals surface area contributed by atoms with E-state index in [4.69, 9.17) is 11.6 Å². The molecule has 1 aliphatic heterocycles. The molecule has 0 saturated carbocycles. The summed E-state index contributed by atoms with van der Waals surface area (Å²) in [5.41, 5.74) is 2.61. The summed E-state index contributed by atoms with van der Waals surface area (Å²) in [6.45, 7) is 0.655. The Balaban J connectivity index is 1.55. The first-order chi connectivity index (χ1) is 13.1. The molecule has 1 aliphatic rings. The van der Waals surface area contributed by atoms with Gasteiger partial charge in [-0.2, -0.15) is 0 Å². The molecule has 3 aromatic rings. The Hall–Kier alpha value is -2.77. The molecule has 8 heteroatoms. The number of carbonyl (C=O) groups excluding carboxylic acids is 2. The standard InChI is InChI=1S/C19H15ClN4O2S/c20-15-6-5-13(24-8-2-4-17(24)25)9-14(15)18(26)23-19-22-16(11-27-19)12-3-1-7-21-10-12/h1,3,5-7,9-11H,2,4,8H2,(H,22,23,26). The Morgan fingerprint density at radius 2 is 2.19 bits per heavy atom. The van der Waals surface area contributed by atoms with E-state index in [1.807, 2.05) is 17.5 Å². The zero-order valence-corrected chi connectivity index (χ0v) is 15.8. The molecule has 27 heavy (non-hydrogen) atoms. The lowest BCUT2D eigenvalue weighted by Crippen LogP contribution is -2.24. The van der Waals surface area contributed by atoms with Crippen molar-refractivity contribution in [1.82, 2.24) is 9.97 Å². The summed E-state index contributed by atoms with van der Waals surface area (Å²) in [6.07, 6.45) is 4.76. The molecule has 136 valence electrons. The van der Waals surface area contributed by atoms with Crippen LogP contribution in [0, 0.1) is 0 Å². The maximum absolute atomic E-state index is 12.7. The Kier molecular flexibility index (Phi) is 4.87. The van der Waals surface area contributed by atoms with E-state index in [0.29, 0.717) is 34.4 Å². The van der Waals surface area contributed by atoms with E-state index < -0.39 is 0 Å². The molecule has 4 rings (SSSR count). The summed E-state index contributed by atoms with van der Waals surface area (Å²) < 4.78 is 0. The summed E-state index contributed by atoms with van der Waals surface area (Å²) in [7, 11) is 0. The first kappa shape index (κ1) is 17.6. The van der Waals surface area contributed by atoms with Gasteiger partial charge in [0.2, 0.25) is 5.91 Å². The topological polar surface area (TPSA) is 75.2 Å². The Morgan fingerprint density at radius 1 is 1.30 bits per heavy atom. The highest BCUT2D eigenvalue weighted by Gasteiger charge is 2.23. The smallest absolute Gasteiger partial charge is 0.259 e. The summed E-state index contributed by atoms with van der Waals surface area (Å²) in [4.78, 5) is 34.8. The fourth-order valence-electron chi connectivity index (χ4n) is 2.92. The van der Waals surface area contributed by atoms with Crippen molar-refractivity contribution in [3.05, 3.63) is 58.7 Å². The number of benzene rings is 1. The SMILES string of the molecule is O=C(Nc1nc(-c2cccnc2)cs1)c1cc(N2CCCC2=O)ccc1Cl. The maximum Gasteiger partial charge on any atom is 0.259 e. The van der Waals surface area contributed by atoms with Crippen LogP contribution in [0.3, 0.4) is 0 Å². The first-order valence-corrected chi connectivity index (χ1v) is 9.65. The van der Waals surface area contributed by atoms with E-state index in [1.54, 1.807) is 35.5 Å². The molecule has 0 radical (unpaired) electrons. The van der Waals surface area contributed by atoms with Crippen molar-refractivity contribution in [3.8, 4) is 11.3 Å². The van der Waals surface area contributed by atoms with Crippen LogP contribution in [0.25, 0.3) is 11.3 Å². The number of rotatable bonds is 4. The lowest BCUT2D eigenvalue weighted by Gasteiger charge is -2.17. The number of pyridine rings is 1. The van der Waals surface area contributed by atoms with Crippen LogP contribution in [-0.2, 0) is 4.79 Å². The molecule has 0 aliphatic carbocycles. The Labute approximate surface area is 164 Å². The van der Waals surface area contributed by atoms with Gasteiger partial charge < -0.3 is 4.90 Å². The highest BCUT2D eigenvalue weighted by molar-refractivity contribution is 7.14. The van der Waals surface area contributed by atoms with Crippen LogP contribution >= 0.6 is 22.9 Å². The molecule has 2 aromatic heterocycles. The average Bonchev–Trinajstić information content (AvgIpc) is 3.32. The minimum absolute atomic E-state index is 0.0599. The van der Waals surface area contributed by atoms with Crippen LogP contribution < -0.4 is 10.2 Å². The first-order valence-electron chi connectivity index (χ1n) is 8.39. The van der Waals surface area contributed by atoms with Gasteiger partial charge in [0.1, 0.15) is 0 Å². The van der Waals surface area contributed by atoms with Crippen LogP contribution in [0.2, 0.25) is 5.02 Å². The average molecular weight is 399 g/mol. The fourth-order valence-corrected chi connectivity index (χ4v) is 3.84. The second kappa shape index (κ2) is 7.46. The summed E-state index contributed by atoms with van der Waals surface area (Å²) in [6, 6.07) is 8.78. The summed E-state index contributed by atoms with van der Waals surface area (Å²) in [5.74, 6) is -0.301. The largest absolute Gasteiger partial charge is 0.312 e. The molecule has 0 spiro atoms. The van der Waals surface area contributed by atoms with E-state index in [1.165, 1.54) is 11.3 Å². The third kappa shape index (κ3) is 3.70. The lowest BCUT2D eigenvalue weighted by atomic mass is 10.1. The Morgan fingerprint density at radius 3 is 2.93 bits per heavy atom. The van der Waals surface area contributed by atoms with Crippen molar-refractivity contribution in [1.29, 1.82) is 0 Å². The number of halogens is 1. The van der Waals surface area contributed by atoms with Crippen LogP contribution in [0.15, 0.2) is 48.1 Å². The van der Waals surface area contributed by atoms with Gasteiger partial charge in [0.15, 0.2) is 5.13 Å². The van der Waals surface area contributed by atoms with Crippen molar-refractivity contribution in [3.63, 3.8) is 0 Å². The highest BCUT2D eigenvalue weighted by Crippen LogP contribution is 2.28. The van der Waals surface area contributed by atoms with Crippen molar-refractivity contribution >= 4 is 45.6 Å². The van der Waals surface area contributed by atoms with Crippen LogP contribution in [0.4, 0.5) is 10.8 Å². The lowest BCUT2D eigenvalue weighted by molar-refractivity contribution is -0.117. The van der Waals surface area contributed by atoms with Crippen LogP contribution in [0.5, 0.6) is 0 Å². The number of hydrogen-bond donors (Lipinski definition) is 1. The van der Waals surface area contributed by atoms with Gasteiger partial charge in [-0.05, 0) is 36.8 Å². The Bertz CT molecular complexity index is 1010. The number of hydrogen-bond acceptors (Lipinski definition) is 5. The molecule has 3 heterocycles. The van der Waals surface area contributed by atoms with Crippen molar-refractivity contribution in [2.24, 2.45) is 0 Å². The van der Waals surface area contributed by atoms with Gasteiger partial charge in [-0.25, -0.2) is 4.98 Å². The van der Waals surface area contributed by atoms with Gasteiger partial charge in [0.25, 0.3) is 5.91 Å². The molecular formula is C19H15ClN4O2S. The number of anilines is 2. The van der Waals surface area contributed by atoms with E-state index in [0.717, 1.165) is 17.7 Å². The van der Waals surface area contributed by atoms with Crippen LogP contribution in [0.1, 0.15) is 23.2 Å². The fraction of sp³-hybridized carbons (Fsp3) is 0.158. The third-order valence-corrected chi connectivity index (χ3v) is 5.35. The number of thiazole rings is 1. The normalized spacial score (nSPS) is 13.8. The minimum Gasteiger partial charge on any atom is -0.312 e. The molecule has 1 aromatic carbocycles. The second-order valence-corrected chi connectivity index (χ2v) is 7.31. The van der Waals surface area contributed by atoms with E-state index >= 15 is 0 Å². The molecule has 1 saturated heterocycles. The molecule has 0 unspecified atom stereocenters. The minimum atomic E-state index is -0.361. The number of nitrogens with zero attached hydrogens (tertiary/aromatic N) is 3. The molecule has 1 fully saturated rings. The molecular weight excluding hydrogens is 384 g/mol. The van der Waals surface area contributed by atoms with Gasteiger partial charge in [0, 0.05) is 42.0 Å². The number of aromatic nitrogens is 2. The zero-order valence-electron chi connectivity index (χ0n) is 14.2. The predicted molar refractivity (Wildman–Crippen MR) is 106 cm³/mol. The number of nitrogens with one attached hydrogen (secondary N) is 1. The van der Waals surface area contributed by atoms with E-state index in [2.05, 4.69) is 15.3 Å². The van der Waals surface area contributed by atoms with Crippen molar-refractivity contribution < 1.29 is 9.59 Å². The van der Waals surface area contributed by atoms with Crippen LogP contribution in [-0.4, -0.2) is 28.3 Å². The van der Waals surface area contributed by atoms with Gasteiger partial charge in [-0.15, -0.1) is 11.3 Å². The highest BCUT2D eigenvalue weighted by atomic mass is 35.5. The van der Waals surface area contributed by atoms with Crippen molar-refractivity contribution in [2.45, 2.75) is 12.8 Å². The monoisotopic (exact) mass is 398 g/mol. The third-order valence-electron chi connectivity index (χ3n) is 4.26. The van der Waals surface area contributed by atoms with Crippen molar-refractivity contribution in [2.75, 3.05) is 16.8 Å². The molecule has 0 atom stereocenters.